The zero-order valence-corrected chi connectivity index (χ0v) is 11.0. The molecule has 0 fully saturated rings. The number of nitriles is 1. The molecule has 0 heterocycles. The summed E-state index contributed by atoms with van der Waals surface area (Å²) < 4.78 is 0.839. The molecule has 0 bridgehead atoms. The maximum Gasteiger partial charge on any atom is 0.0992 e. The van der Waals surface area contributed by atoms with Crippen molar-refractivity contribution < 1.29 is 5.11 Å². The lowest BCUT2D eigenvalue weighted by Gasteiger charge is -2.22. The number of aliphatic hydroxyl groups is 1. The molecule has 4 heteroatoms. The van der Waals surface area contributed by atoms with Crippen molar-refractivity contribution in [2.45, 2.75) is 19.9 Å². The third-order valence-corrected chi connectivity index (χ3v) is 3.10. The van der Waals surface area contributed by atoms with Crippen molar-refractivity contribution in [1.29, 1.82) is 5.26 Å². The average Bonchev–Trinajstić information content (AvgIpc) is 2.26. The first-order valence-corrected chi connectivity index (χ1v) is 5.94. The Balaban J connectivity index is 2.86. The van der Waals surface area contributed by atoms with Crippen LogP contribution in [-0.2, 0) is 0 Å². The maximum atomic E-state index is 9.22. The number of anilines is 1. The number of halogens is 1. The quantitative estimate of drug-likeness (QED) is 0.893. The maximum absolute atomic E-state index is 9.22. The van der Waals surface area contributed by atoms with Crippen molar-refractivity contribution in [3.8, 4) is 6.07 Å². The molecule has 1 aromatic rings. The standard InChI is InChI=1S/C12H15BrN2O/c1-8(2)12(7-16)15-11-4-3-9(6-14)5-10(11)13/h3-5,8,12,15-16H,7H2,1-2H3. The molecule has 1 atom stereocenters. The molecule has 0 spiro atoms. The Kier molecular flexibility index (Phi) is 4.78. The molecule has 0 aromatic heterocycles. The van der Waals surface area contributed by atoms with Crippen LogP contribution in [0.25, 0.3) is 0 Å². The van der Waals surface area contributed by atoms with Gasteiger partial charge >= 0.3 is 0 Å². The SMILES string of the molecule is CC(C)C(CO)Nc1ccc(C#N)cc1Br. The minimum atomic E-state index is 0.0178. The van der Waals surface area contributed by atoms with Crippen molar-refractivity contribution in [1.82, 2.24) is 0 Å². The lowest BCUT2D eigenvalue weighted by molar-refractivity contribution is 0.249. The molecule has 16 heavy (non-hydrogen) atoms. The fraction of sp³-hybridized carbons (Fsp3) is 0.417. The minimum Gasteiger partial charge on any atom is -0.394 e. The molecule has 86 valence electrons. The minimum absolute atomic E-state index is 0.0178. The van der Waals surface area contributed by atoms with Gasteiger partial charge in [-0.3, -0.25) is 0 Å². The molecule has 0 radical (unpaired) electrons. The molecule has 0 amide bonds. The van der Waals surface area contributed by atoms with Gasteiger partial charge in [-0.15, -0.1) is 0 Å². The van der Waals surface area contributed by atoms with Gasteiger partial charge in [-0.2, -0.15) is 5.26 Å². The largest absolute Gasteiger partial charge is 0.394 e. The van der Waals surface area contributed by atoms with Gasteiger partial charge in [-0.25, -0.2) is 0 Å². The summed E-state index contributed by atoms with van der Waals surface area (Å²) in [5.41, 5.74) is 1.51. The van der Waals surface area contributed by atoms with Gasteiger partial charge in [0.05, 0.1) is 24.3 Å². The predicted octanol–water partition coefficient (Wildman–Crippen LogP) is 2.75. The molecule has 0 saturated heterocycles. The van der Waals surface area contributed by atoms with E-state index in [1.807, 2.05) is 19.9 Å². The second-order valence-electron chi connectivity index (χ2n) is 3.98. The van der Waals surface area contributed by atoms with Gasteiger partial charge in [-0.05, 0) is 40.0 Å². The van der Waals surface area contributed by atoms with Gasteiger partial charge in [0.15, 0.2) is 0 Å². The van der Waals surface area contributed by atoms with Crippen molar-refractivity contribution >= 4 is 21.6 Å². The summed E-state index contributed by atoms with van der Waals surface area (Å²) in [7, 11) is 0. The number of aliphatic hydroxyl groups excluding tert-OH is 1. The molecular weight excluding hydrogens is 268 g/mol. The molecule has 1 rings (SSSR count). The fourth-order valence-corrected chi connectivity index (χ4v) is 1.82. The van der Waals surface area contributed by atoms with Crippen LogP contribution in [0, 0.1) is 17.2 Å². The Morgan fingerprint density at radius 1 is 1.50 bits per heavy atom. The Bertz CT molecular complexity index is 398. The highest BCUT2D eigenvalue weighted by Gasteiger charge is 2.13. The molecule has 0 aliphatic carbocycles. The normalized spacial score (nSPS) is 12.2. The van der Waals surface area contributed by atoms with E-state index in [2.05, 4.69) is 27.3 Å². The lowest BCUT2D eigenvalue weighted by Crippen LogP contribution is -2.29. The van der Waals surface area contributed by atoms with Crippen molar-refractivity contribution in [2.75, 3.05) is 11.9 Å². The monoisotopic (exact) mass is 282 g/mol. The van der Waals surface area contributed by atoms with E-state index >= 15 is 0 Å². The molecule has 0 saturated carbocycles. The Hall–Kier alpha value is -1.05. The van der Waals surface area contributed by atoms with E-state index in [0.717, 1.165) is 10.2 Å². The molecule has 0 aliphatic heterocycles. The van der Waals surface area contributed by atoms with Gasteiger partial charge in [0.2, 0.25) is 0 Å². The van der Waals surface area contributed by atoms with Crippen LogP contribution in [0.4, 0.5) is 5.69 Å². The molecule has 0 aliphatic rings. The summed E-state index contributed by atoms with van der Waals surface area (Å²) in [5, 5.41) is 21.2. The van der Waals surface area contributed by atoms with E-state index in [1.54, 1.807) is 12.1 Å². The summed E-state index contributed by atoms with van der Waals surface area (Å²) in [6, 6.07) is 7.45. The van der Waals surface area contributed by atoms with Crippen LogP contribution >= 0.6 is 15.9 Å². The van der Waals surface area contributed by atoms with E-state index in [0.29, 0.717) is 11.5 Å². The number of benzene rings is 1. The van der Waals surface area contributed by atoms with E-state index < -0.39 is 0 Å². The van der Waals surface area contributed by atoms with E-state index in [-0.39, 0.29) is 12.6 Å². The average molecular weight is 283 g/mol. The number of rotatable bonds is 4. The first kappa shape index (κ1) is 13.0. The second-order valence-corrected chi connectivity index (χ2v) is 4.84. The summed E-state index contributed by atoms with van der Waals surface area (Å²) in [4.78, 5) is 0. The molecule has 1 aromatic carbocycles. The first-order valence-electron chi connectivity index (χ1n) is 5.15. The smallest absolute Gasteiger partial charge is 0.0992 e. The number of hydrogen-bond acceptors (Lipinski definition) is 3. The molecule has 3 nitrogen and oxygen atoms in total. The van der Waals surface area contributed by atoms with Gasteiger partial charge in [0.25, 0.3) is 0 Å². The second kappa shape index (κ2) is 5.88. The summed E-state index contributed by atoms with van der Waals surface area (Å²) >= 11 is 3.40. The highest BCUT2D eigenvalue weighted by Crippen LogP contribution is 2.25. The van der Waals surface area contributed by atoms with E-state index in [4.69, 9.17) is 5.26 Å². The number of hydrogen-bond donors (Lipinski definition) is 2. The molecule has 2 N–H and O–H groups in total. The van der Waals surface area contributed by atoms with Crippen LogP contribution in [0.1, 0.15) is 19.4 Å². The highest BCUT2D eigenvalue weighted by molar-refractivity contribution is 9.10. The van der Waals surface area contributed by atoms with Gasteiger partial charge < -0.3 is 10.4 Å². The van der Waals surface area contributed by atoms with E-state index in [1.165, 1.54) is 0 Å². The first-order chi connectivity index (χ1) is 7.58. The van der Waals surface area contributed by atoms with Crippen LogP contribution in [0.15, 0.2) is 22.7 Å². The zero-order valence-electron chi connectivity index (χ0n) is 9.37. The summed E-state index contributed by atoms with van der Waals surface area (Å²) in [6.07, 6.45) is 0. The Labute approximate surface area is 104 Å². The number of nitrogens with zero attached hydrogens (tertiary/aromatic N) is 1. The van der Waals surface area contributed by atoms with Gasteiger partial charge in [0, 0.05) is 10.2 Å². The molecular formula is C12H15BrN2O. The van der Waals surface area contributed by atoms with E-state index in [9.17, 15) is 5.11 Å². The van der Waals surface area contributed by atoms with Crippen molar-refractivity contribution in [3.63, 3.8) is 0 Å². The van der Waals surface area contributed by atoms with Crippen LogP contribution < -0.4 is 5.32 Å². The predicted molar refractivity (Wildman–Crippen MR) is 68.2 cm³/mol. The summed E-state index contributed by atoms with van der Waals surface area (Å²) in [6.45, 7) is 4.18. The fourth-order valence-electron chi connectivity index (χ4n) is 1.32. The zero-order chi connectivity index (χ0) is 12.1. The van der Waals surface area contributed by atoms with Crippen LogP contribution in [0.3, 0.4) is 0 Å². The lowest BCUT2D eigenvalue weighted by atomic mass is 10.0. The van der Waals surface area contributed by atoms with Crippen LogP contribution in [0.2, 0.25) is 0 Å². The summed E-state index contributed by atoms with van der Waals surface area (Å²) in [5.74, 6) is 0.340. The Morgan fingerprint density at radius 3 is 2.62 bits per heavy atom. The van der Waals surface area contributed by atoms with Gasteiger partial charge in [0.1, 0.15) is 0 Å². The third kappa shape index (κ3) is 3.22. The number of nitrogens with one attached hydrogen (secondary N) is 1. The highest BCUT2D eigenvalue weighted by atomic mass is 79.9. The van der Waals surface area contributed by atoms with Crippen LogP contribution in [-0.4, -0.2) is 17.8 Å². The van der Waals surface area contributed by atoms with Crippen molar-refractivity contribution in [3.05, 3.63) is 28.2 Å². The van der Waals surface area contributed by atoms with Crippen molar-refractivity contribution in [2.24, 2.45) is 5.92 Å². The topological polar surface area (TPSA) is 56.0 Å². The van der Waals surface area contributed by atoms with Crippen LogP contribution in [0.5, 0.6) is 0 Å². The van der Waals surface area contributed by atoms with Gasteiger partial charge in [-0.1, -0.05) is 13.8 Å². The Morgan fingerprint density at radius 2 is 2.19 bits per heavy atom. The third-order valence-electron chi connectivity index (χ3n) is 2.44. The molecule has 1 unspecified atom stereocenters.